The van der Waals surface area contributed by atoms with E-state index >= 15 is 0 Å². The van der Waals surface area contributed by atoms with Crippen molar-refractivity contribution in [3.05, 3.63) is 96.1 Å². The van der Waals surface area contributed by atoms with Gasteiger partial charge in [0.25, 0.3) is 0 Å². The summed E-state index contributed by atoms with van der Waals surface area (Å²) in [6, 6.07) is 28.6. The van der Waals surface area contributed by atoms with Crippen molar-refractivity contribution >= 4 is 17.8 Å². The molecule has 0 spiro atoms. The molecule has 3 aromatic rings. The van der Waals surface area contributed by atoms with Gasteiger partial charge in [-0.1, -0.05) is 84.9 Å². The molecular formula is C21H19OP. The highest BCUT2D eigenvalue weighted by Gasteiger charge is 2.39. The van der Waals surface area contributed by atoms with Crippen LogP contribution in [0.4, 0.5) is 0 Å². The average Bonchev–Trinajstić information content (AvgIpc) is 3.07. The summed E-state index contributed by atoms with van der Waals surface area (Å²) >= 11 is 0. The molecule has 114 valence electrons. The van der Waals surface area contributed by atoms with Crippen LogP contribution in [0.15, 0.2) is 84.9 Å². The third-order valence-electron chi connectivity index (χ3n) is 4.82. The van der Waals surface area contributed by atoms with Gasteiger partial charge in [-0.3, -0.25) is 0 Å². The van der Waals surface area contributed by atoms with Crippen molar-refractivity contribution in [2.24, 2.45) is 0 Å². The van der Waals surface area contributed by atoms with Gasteiger partial charge in [0.05, 0.1) is 0 Å². The van der Waals surface area contributed by atoms with Gasteiger partial charge in [0.15, 0.2) is 0 Å². The van der Waals surface area contributed by atoms with Crippen LogP contribution in [-0.2, 0) is 17.4 Å². The summed E-state index contributed by atoms with van der Waals surface area (Å²) in [6.07, 6.45) is 1.80. The molecule has 0 heterocycles. The SMILES string of the molecule is O=P(c1ccccc1)(c1ccccc1)C1Cc2ccccc2C1. The number of benzene rings is 3. The van der Waals surface area contributed by atoms with Crippen molar-refractivity contribution in [2.45, 2.75) is 18.5 Å². The fraction of sp³-hybridized carbons (Fsp3) is 0.143. The highest BCUT2D eigenvalue weighted by Crippen LogP contribution is 2.53. The molecule has 23 heavy (non-hydrogen) atoms. The van der Waals surface area contributed by atoms with E-state index in [0.717, 1.165) is 23.5 Å². The predicted octanol–water partition coefficient (Wildman–Crippen LogP) is 4.17. The fourth-order valence-electron chi connectivity index (χ4n) is 3.66. The Kier molecular flexibility index (Phi) is 3.67. The van der Waals surface area contributed by atoms with Crippen LogP contribution in [0, 0.1) is 0 Å². The highest BCUT2D eigenvalue weighted by atomic mass is 31.2. The third kappa shape index (κ3) is 2.46. The molecule has 0 saturated heterocycles. The Balaban J connectivity index is 1.84. The molecule has 0 N–H and O–H groups in total. The van der Waals surface area contributed by atoms with Gasteiger partial charge < -0.3 is 4.57 Å². The van der Waals surface area contributed by atoms with E-state index in [-0.39, 0.29) is 5.66 Å². The maximum Gasteiger partial charge on any atom is 0.146 e. The van der Waals surface area contributed by atoms with Crippen molar-refractivity contribution < 1.29 is 4.57 Å². The van der Waals surface area contributed by atoms with Gasteiger partial charge in [-0.15, -0.1) is 0 Å². The summed E-state index contributed by atoms with van der Waals surface area (Å²) in [6.45, 7) is 0. The highest BCUT2D eigenvalue weighted by molar-refractivity contribution is 7.79. The maximum absolute atomic E-state index is 14.3. The number of rotatable bonds is 3. The lowest BCUT2D eigenvalue weighted by Crippen LogP contribution is -2.26. The van der Waals surface area contributed by atoms with Gasteiger partial charge in [-0.2, -0.15) is 0 Å². The van der Waals surface area contributed by atoms with E-state index in [2.05, 4.69) is 24.3 Å². The zero-order valence-electron chi connectivity index (χ0n) is 12.9. The second kappa shape index (κ2) is 5.83. The second-order valence-electron chi connectivity index (χ2n) is 6.16. The lowest BCUT2D eigenvalue weighted by atomic mass is 10.1. The van der Waals surface area contributed by atoms with E-state index in [0.29, 0.717) is 0 Å². The van der Waals surface area contributed by atoms with Crippen LogP contribution in [0.1, 0.15) is 11.1 Å². The molecule has 0 amide bonds. The minimum Gasteiger partial charge on any atom is -0.313 e. The monoisotopic (exact) mass is 318 g/mol. The molecule has 1 aliphatic carbocycles. The maximum atomic E-state index is 14.3. The van der Waals surface area contributed by atoms with Gasteiger partial charge >= 0.3 is 0 Å². The van der Waals surface area contributed by atoms with E-state index in [9.17, 15) is 4.57 Å². The Hall–Kier alpha value is -2.11. The van der Waals surface area contributed by atoms with E-state index in [1.165, 1.54) is 11.1 Å². The van der Waals surface area contributed by atoms with Crippen LogP contribution in [0.5, 0.6) is 0 Å². The summed E-state index contributed by atoms with van der Waals surface area (Å²) in [4.78, 5) is 0. The molecule has 3 aromatic carbocycles. The summed E-state index contributed by atoms with van der Waals surface area (Å²) in [5.41, 5.74) is 2.86. The molecule has 0 saturated carbocycles. The van der Waals surface area contributed by atoms with Gasteiger partial charge in [0, 0.05) is 16.3 Å². The molecule has 0 radical (unpaired) electrons. The van der Waals surface area contributed by atoms with Crippen molar-refractivity contribution in [3.63, 3.8) is 0 Å². The zero-order chi connectivity index (χ0) is 15.7. The summed E-state index contributed by atoms with van der Waals surface area (Å²) in [5, 5.41) is 1.95. The smallest absolute Gasteiger partial charge is 0.146 e. The average molecular weight is 318 g/mol. The lowest BCUT2D eigenvalue weighted by Gasteiger charge is -2.25. The first kappa shape index (κ1) is 14.5. The molecule has 0 bridgehead atoms. The minimum absolute atomic E-state index is 0.157. The zero-order valence-corrected chi connectivity index (χ0v) is 13.8. The first-order chi connectivity index (χ1) is 11.3. The van der Waals surface area contributed by atoms with Crippen molar-refractivity contribution in [3.8, 4) is 0 Å². The lowest BCUT2D eigenvalue weighted by molar-refractivity contribution is 0.577. The molecule has 0 atom stereocenters. The number of hydrogen-bond donors (Lipinski definition) is 0. The quantitative estimate of drug-likeness (QED) is 0.663. The van der Waals surface area contributed by atoms with Crippen LogP contribution < -0.4 is 10.6 Å². The first-order valence-corrected chi connectivity index (χ1v) is 9.84. The minimum atomic E-state index is -2.65. The van der Waals surface area contributed by atoms with Gasteiger partial charge in [0.1, 0.15) is 7.14 Å². The first-order valence-electron chi connectivity index (χ1n) is 8.06. The largest absolute Gasteiger partial charge is 0.313 e. The molecule has 0 aromatic heterocycles. The Morgan fingerprint density at radius 1 is 0.609 bits per heavy atom. The van der Waals surface area contributed by atoms with Crippen molar-refractivity contribution in [1.82, 2.24) is 0 Å². The molecule has 0 fully saturated rings. The van der Waals surface area contributed by atoms with Crippen LogP contribution >= 0.6 is 7.14 Å². The van der Waals surface area contributed by atoms with Gasteiger partial charge in [-0.05, 0) is 24.0 Å². The van der Waals surface area contributed by atoms with Crippen molar-refractivity contribution in [1.29, 1.82) is 0 Å². The van der Waals surface area contributed by atoms with E-state index in [1.54, 1.807) is 0 Å². The summed E-state index contributed by atoms with van der Waals surface area (Å²) in [7, 11) is -2.65. The van der Waals surface area contributed by atoms with E-state index < -0.39 is 7.14 Å². The Morgan fingerprint density at radius 3 is 1.43 bits per heavy atom. The number of fused-ring (bicyclic) bond motifs is 1. The summed E-state index contributed by atoms with van der Waals surface area (Å²) in [5.74, 6) is 0. The predicted molar refractivity (Wildman–Crippen MR) is 97.4 cm³/mol. The molecule has 0 aliphatic heterocycles. The molecular weight excluding hydrogens is 299 g/mol. The normalized spacial score (nSPS) is 14.6. The molecule has 4 rings (SSSR count). The number of hydrogen-bond acceptors (Lipinski definition) is 1. The standard InChI is InChI=1S/C21H19OP/c22-23(19-11-3-1-4-12-19,20-13-5-2-6-14-20)21-15-17-9-7-8-10-18(17)16-21/h1-14,21H,15-16H2. The van der Waals surface area contributed by atoms with E-state index in [4.69, 9.17) is 0 Å². The Labute approximate surface area is 137 Å². The Morgan fingerprint density at radius 2 is 1.00 bits per heavy atom. The second-order valence-corrected chi connectivity index (χ2v) is 9.24. The fourth-order valence-corrected chi connectivity index (χ4v) is 6.94. The van der Waals surface area contributed by atoms with Crippen LogP contribution in [0.2, 0.25) is 0 Å². The van der Waals surface area contributed by atoms with E-state index in [1.807, 2.05) is 60.7 Å². The van der Waals surface area contributed by atoms with Crippen LogP contribution in [0.25, 0.3) is 0 Å². The van der Waals surface area contributed by atoms with Gasteiger partial charge in [-0.25, -0.2) is 0 Å². The van der Waals surface area contributed by atoms with Crippen LogP contribution in [-0.4, -0.2) is 5.66 Å². The third-order valence-corrected chi connectivity index (χ3v) is 8.35. The molecule has 1 nitrogen and oxygen atoms in total. The topological polar surface area (TPSA) is 17.1 Å². The summed E-state index contributed by atoms with van der Waals surface area (Å²) < 4.78 is 14.3. The van der Waals surface area contributed by atoms with Gasteiger partial charge in [0.2, 0.25) is 0 Å². The van der Waals surface area contributed by atoms with Crippen molar-refractivity contribution in [2.75, 3.05) is 0 Å². The Bertz CT molecular complexity index is 787. The molecule has 0 unspecified atom stereocenters. The molecule has 2 heteroatoms. The molecule has 1 aliphatic rings. The van der Waals surface area contributed by atoms with Crippen LogP contribution in [0.3, 0.4) is 0 Å².